The topological polar surface area (TPSA) is 59.8 Å². The van der Waals surface area contributed by atoms with Gasteiger partial charge in [-0.15, -0.1) is 0 Å². The molecule has 1 aromatic carbocycles. The Morgan fingerprint density at radius 1 is 1.36 bits per heavy atom. The molecule has 1 atom stereocenters. The summed E-state index contributed by atoms with van der Waals surface area (Å²) in [6.45, 7) is 5.44. The maximum atomic E-state index is 13.4. The van der Waals surface area contributed by atoms with E-state index in [1.54, 1.807) is 29.1 Å². The Morgan fingerprint density at radius 3 is 2.93 bits per heavy atom. The zero-order valence-electron chi connectivity index (χ0n) is 16.2. The maximum absolute atomic E-state index is 13.4. The lowest BCUT2D eigenvalue weighted by atomic mass is 10.1. The molecule has 0 radical (unpaired) electrons. The molecule has 1 amide bonds. The van der Waals surface area contributed by atoms with Gasteiger partial charge in [-0.25, -0.2) is 0 Å². The molecular formula is C20H25ClN4O3. The first-order valence-corrected chi connectivity index (χ1v) is 10.0. The summed E-state index contributed by atoms with van der Waals surface area (Å²) in [7, 11) is 1.83. The lowest BCUT2D eigenvalue weighted by Gasteiger charge is -2.30. The van der Waals surface area contributed by atoms with Crippen molar-refractivity contribution in [3.8, 4) is 11.5 Å². The molecule has 3 heterocycles. The van der Waals surface area contributed by atoms with E-state index in [-0.39, 0.29) is 12.7 Å². The van der Waals surface area contributed by atoms with Gasteiger partial charge in [0.2, 0.25) is 6.79 Å². The van der Waals surface area contributed by atoms with E-state index in [9.17, 15) is 4.79 Å². The number of hydrogen-bond donors (Lipinski definition) is 0. The van der Waals surface area contributed by atoms with Gasteiger partial charge in [0, 0.05) is 31.4 Å². The van der Waals surface area contributed by atoms with Crippen LogP contribution in [0.4, 0.5) is 0 Å². The molecule has 0 saturated carbocycles. The number of nitrogens with zero attached hydrogens (tertiary/aromatic N) is 4. The van der Waals surface area contributed by atoms with Crippen molar-refractivity contribution in [2.75, 3.05) is 26.4 Å². The predicted molar refractivity (Wildman–Crippen MR) is 106 cm³/mol. The van der Waals surface area contributed by atoms with Gasteiger partial charge in [-0.1, -0.05) is 18.5 Å². The molecule has 150 valence electrons. The summed E-state index contributed by atoms with van der Waals surface area (Å²) in [5, 5.41) is 5.00. The van der Waals surface area contributed by atoms with Crippen molar-refractivity contribution < 1.29 is 14.3 Å². The van der Waals surface area contributed by atoms with Crippen LogP contribution in [-0.2, 0) is 13.6 Å². The van der Waals surface area contributed by atoms with E-state index in [0.29, 0.717) is 46.9 Å². The molecule has 28 heavy (non-hydrogen) atoms. The van der Waals surface area contributed by atoms with E-state index in [4.69, 9.17) is 21.1 Å². The smallest absolute Gasteiger partial charge is 0.254 e. The van der Waals surface area contributed by atoms with Crippen molar-refractivity contribution in [3.05, 3.63) is 40.7 Å². The van der Waals surface area contributed by atoms with Gasteiger partial charge in [0.15, 0.2) is 11.5 Å². The predicted octanol–water partition coefficient (Wildman–Crippen LogP) is 2.93. The van der Waals surface area contributed by atoms with Gasteiger partial charge in [0.25, 0.3) is 5.91 Å². The Morgan fingerprint density at radius 2 is 2.18 bits per heavy atom. The summed E-state index contributed by atoms with van der Waals surface area (Å²) in [4.78, 5) is 17.7. The first-order valence-electron chi connectivity index (χ1n) is 9.66. The fourth-order valence-electron chi connectivity index (χ4n) is 4.00. The number of aryl methyl sites for hydroxylation is 1. The minimum atomic E-state index is -0.0528. The fraction of sp³-hybridized carbons (Fsp3) is 0.500. The summed E-state index contributed by atoms with van der Waals surface area (Å²) >= 11 is 6.32. The molecule has 2 aliphatic heterocycles. The highest BCUT2D eigenvalue weighted by Crippen LogP contribution is 2.33. The molecule has 1 fully saturated rings. The van der Waals surface area contributed by atoms with Gasteiger partial charge < -0.3 is 14.4 Å². The van der Waals surface area contributed by atoms with E-state index < -0.39 is 0 Å². The molecule has 0 unspecified atom stereocenters. The number of aromatic nitrogens is 2. The molecule has 1 saturated heterocycles. The molecule has 8 heteroatoms. The highest BCUT2D eigenvalue weighted by atomic mass is 35.5. The van der Waals surface area contributed by atoms with E-state index in [1.165, 1.54) is 0 Å². The molecule has 0 aliphatic carbocycles. The normalized spacial score (nSPS) is 18.6. The van der Waals surface area contributed by atoms with Crippen LogP contribution in [0.15, 0.2) is 24.4 Å². The Kier molecular flexibility index (Phi) is 5.46. The van der Waals surface area contributed by atoms with Crippen molar-refractivity contribution in [1.29, 1.82) is 0 Å². The highest BCUT2D eigenvalue weighted by molar-refractivity contribution is 6.31. The Balaban J connectivity index is 1.59. The quantitative estimate of drug-likeness (QED) is 0.740. The average Bonchev–Trinajstić information content (AvgIpc) is 3.40. The zero-order chi connectivity index (χ0) is 19.7. The monoisotopic (exact) mass is 404 g/mol. The number of fused-ring (bicyclic) bond motifs is 1. The number of likely N-dealkylation sites (N-methyl/N-ethyl adjacent to an activating group) is 1. The van der Waals surface area contributed by atoms with Crippen LogP contribution < -0.4 is 9.47 Å². The van der Waals surface area contributed by atoms with E-state index in [1.807, 2.05) is 11.9 Å². The van der Waals surface area contributed by atoms with Crippen LogP contribution in [0.25, 0.3) is 0 Å². The van der Waals surface area contributed by atoms with Crippen LogP contribution in [0.3, 0.4) is 0 Å². The van der Waals surface area contributed by atoms with Crippen LogP contribution in [-0.4, -0.2) is 58.0 Å². The van der Waals surface area contributed by atoms with Gasteiger partial charge in [0.05, 0.1) is 11.6 Å². The van der Waals surface area contributed by atoms with E-state index in [0.717, 1.165) is 25.9 Å². The van der Waals surface area contributed by atoms with Crippen molar-refractivity contribution in [2.45, 2.75) is 32.4 Å². The van der Waals surface area contributed by atoms with Gasteiger partial charge >= 0.3 is 0 Å². The second kappa shape index (κ2) is 8.01. The van der Waals surface area contributed by atoms with Gasteiger partial charge in [-0.2, -0.15) is 5.10 Å². The van der Waals surface area contributed by atoms with Crippen LogP contribution in [0.5, 0.6) is 11.5 Å². The summed E-state index contributed by atoms with van der Waals surface area (Å²) in [6.07, 6.45) is 4.01. The van der Waals surface area contributed by atoms with Crippen LogP contribution >= 0.6 is 11.6 Å². The zero-order valence-corrected chi connectivity index (χ0v) is 17.0. The van der Waals surface area contributed by atoms with Gasteiger partial charge in [-0.3, -0.25) is 14.4 Å². The first-order chi connectivity index (χ1) is 13.5. The number of rotatable bonds is 6. The number of hydrogen-bond acceptors (Lipinski definition) is 5. The summed E-state index contributed by atoms with van der Waals surface area (Å²) in [5.41, 5.74) is 1.29. The lowest BCUT2D eigenvalue weighted by molar-refractivity contribution is 0.0689. The number of ether oxygens (including phenoxy) is 2. The largest absolute Gasteiger partial charge is 0.454 e. The standard InChI is InChI=1S/C20H25ClN4O3/c1-3-24-8-4-5-15(24)10-25(12-17-16(21)11-23(2)22-17)20(26)14-6-7-18-19(9-14)28-13-27-18/h6-7,9,11,15H,3-5,8,10,12-13H2,1-2H3/t15-/m1/s1. The van der Waals surface area contributed by atoms with Crippen LogP contribution in [0.2, 0.25) is 5.02 Å². The summed E-state index contributed by atoms with van der Waals surface area (Å²) in [5.74, 6) is 1.23. The van der Waals surface area contributed by atoms with Gasteiger partial charge in [-0.05, 0) is 44.1 Å². The Bertz CT molecular complexity index is 869. The van der Waals surface area contributed by atoms with E-state index >= 15 is 0 Å². The second-order valence-electron chi connectivity index (χ2n) is 7.28. The Hall–Kier alpha value is -2.25. The van der Waals surface area contributed by atoms with E-state index in [2.05, 4.69) is 16.9 Å². The van der Waals surface area contributed by atoms with Crippen molar-refractivity contribution in [1.82, 2.24) is 19.6 Å². The third-order valence-electron chi connectivity index (χ3n) is 5.44. The van der Waals surface area contributed by atoms with Crippen molar-refractivity contribution in [3.63, 3.8) is 0 Å². The number of halogens is 1. The number of amides is 1. The molecule has 0 N–H and O–H groups in total. The highest BCUT2D eigenvalue weighted by Gasteiger charge is 2.29. The molecular weight excluding hydrogens is 380 g/mol. The minimum absolute atomic E-state index is 0.0528. The third-order valence-corrected chi connectivity index (χ3v) is 5.75. The van der Waals surface area contributed by atoms with Crippen LogP contribution in [0.1, 0.15) is 35.8 Å². The molecule has 2 aliphatic rings. The fourth-order valence-corrected chi connectivity index (χ4v) is 4.24. The number of carbonyl (C=O) groups is 1. The molecule has 1 aromatic heterocycles. The molecule has 2 aromatic rings. The number of benzene rings is 1. The SMILES string of the molecule is CCN1CCC[C@@H]1CN(Cc1nn(C)cc1Cl)C(=O)c1ccc2c(c1)OCO2. The maximum Gasteiger partial charge on any atom is 0.254 e. The minimum Gasteiger partial charge on any atom is -0.454 e. The summed E-state index contributed by atoms with van der Waals surface area (Å²) in [6, 6.07) is 5.68. The second-order valence-corrected chi connectivity index (χ2v) is 7.68. The Labute approximate surface area is 169 Å². The lowest BCUT2D eigenvalue weighted by Crippen LogP contribution is -2.42. The third kappa shape index (κ3) is 3.82. The molecule has 0 spiro atoms. The van der Waals surface area contributed by atoms with Gasteiger partial charge in [0.1, 0.15) is 5.69 Å². The first kappa shape index (κ1) is 19.1. The molecule has 0 bridgehead atoms. The van der Waals surface area contributed by atoms with Crippen molar-refractivity contribution >= 4 is 17.5 Å². The molecule has 7 nitrogen and oxygen atoms in total. The summed E-state index contributed by atoms with van der Waals surface area (Å²) < 4.78 is 12.5. The van der Waals surface area contributed by atoms with Crippen LogP contribution in [0, 0.1) is 0 Å². The van der Waals surface area contributed by atoms with Crippen molar-refractivity contribution in [2.24, 2.45) is 7.05 Å². The molecule has 4 rings (SSSR count). The number of carbonyl (C=O) groups excluding carboxylic acids is 1. The average molecular weight is 405 g/mol. The number of likely N-dealkylation sites (tertiary alicyclic amines) is 1.